The summed E-state index contributed by atoms with van der Waals surface area (Å²) in [6.07, 6.45) is 0.711. The summed E-state index contributed by atoms with van der Waals surface area (Å²) in [6.45, 7) is 1.69. The Balaban J connectivity index is 2.57. The lowest BCUT2D eigenvalue weighted by Gasteiger charge is -2.12. The predicted molar refractivity (Wildman–Crippen MR) is 39.7 cm³/mol. The molecule has 1 N–H and O–H groups in total. The zero-order chi connectivity index (χ0) is 9.14. The Bertz CT molecular complexity index is 227. The van der Waals surface area contributed by atoms with Gasteiger partial charge in [-0.05, 0) is 0 Å². The second-order valence-corrected chi connectivity index (χ2v) is 2.75. The summed E-state index contributed by atoms with van der Waals surface area (Å²) < 4.78 is 0. The van der Waals surface area contributed by atoms with Crippen LogP contribution >= 0.6 is 0 Å². The second kappa shape index (κ2) is 3.34. The summed E-state index contributed by atoms with van der Waals surface area (Å²) in [5.74, 6) is -0.679. The number of carbonyl (C=O) groups excluding carboxylic acids is 3. The third kappa shape index (κ3) is 1.44. The number of nitrogens with one attached hydrogen (secondary N) is 1. The molecule has 1 saturated heterocycles. The Morgan fingerprint density at radius 1 is 1.67 bits per heavy atom. The van der Waals surface area contributed by atoms with Crippen molar-refractivity contribution < 1.29 is 14.4 Å². The van der Waals surface area contributed by atoms with E-state index >= 15 is 0 Å². The van der Waals surface area contributed by atoms with E-state index in [9.17, 15) is 14.4 Å². The molecule has 3 amide bonds. The van der Waals surface area contributed by atoms with Crippen molar-refractivity contribution in [2.24, 2.45) is 5.92 Å². The standard InChI is InChI=1S/C7H10N2O3/c1-5-2-6(11)9(7(5)12)3-8-4-10/h4-5H,2-3H2,1H3,(H,8,10). The van der Waals surface area contributed by atoms with Crippen molar-refractivity contribution in [3.8, 4) is 0 Å². The molecule has 5 nitrogen and oxygen atoms in total. The molecule has 0 aliphatic carbocycles. The van der Waals surface area contributed by atoms with Crippen molar-refractivity contribution in [2.75, 3.05) is 6.67 Å². The van der Waals surface area contributed by atoms with Gasteiger partial charge < -0.3 is 5.32 Å². The van der Waals surface area contributed by atoms with Crippen LogP contribution in [0.5, 0.6) is 0 Å². The molecule has 0 radical (unpaired) electrons. The number of carbonyl (C=O) groups is 3. The molecule has 0 aromatic carbocycles. The first kappa shape index (κ1) is 8.70. The van der Waals surface area contributed by atoms with Crippen LogP contribution in [0.3, 0.4) is 0 Å². The number of hydrogen-bond donors (Lipinski definition) is 1. The molecule has 1 heterocycles. The molecule has 5 heteroatoms. The Morgan fingerprint density at radius 2 is 2.33 bits per heavy atom. The average Bonchev–Trinajstić information content (AvgIpc) is 2.25. The molecular formula is C7H10N2O3. The summed E-state index contributed by atoms with van der Waals surface area (Å²) in [5.41, 5.74) is 0. The third-order valence-electron chi connectivity index (χ3n) is 1.80. The van der Waals surface area contributed by atoms with Crippen LogP contribution in [0, 0.1) is 5.92 Å². The minimum atomic E-state index is -0.244. The Hall–Kier alpha value is -1.39. The average molecular weight is 170 g/mol. The maximum atomic E-state index is 11.2. The number of hydrogen-bond acceptors (Lipinski definition) is 3. The number of nitrogens with zero attached hydrogens (tertiary/aromatic N) is 1. The smallest absolute Gasteiger partial charge is 0.234 e. The van der Waals surface area contributed by atoms with Crippen LogP contribution in [0.1, 0.15) is 13.3 Å². The lowest BCUT2D eigenvalue weighted by atomic mass is 10.1. The number of amides is 3. The van der Waals surface area contributed by atoms with Gasteiger partial charge in [0.05, 0.1) is 0 Å². The first-order valence-electron chi connectivity index (χ1n) is 3.68. The number of rotatable bonds is 3. The molecule has 0 spiro atoms. The van der Waals surface area contributed by atoms with Gasteiger partial charge in [0.25, 0.3) is 0 Å². The largest absolute Gasteiger partial charge is 0.341 e. The predicted octanol–water partition coefficient (Wildman–Crippen LogP) is -0.915. The maximum Gasteiger partial charge on any atom is 0.234 e. The minimum Gasteiger partial charge on any atom is -0.341 e. The van der Waals surface area contributed by atoms with Crippen molar-refractivity contribution in [1.82, 2.24) is 10.2 Å². The Labute approximate surface area is 69.7 Å². The zero-order valence-corrected chi connectivity index (χ0v) is 6.74. The van der Waals surface area contributed by atoms with Crippen LogP contribution < -0.4 is 5.32 Å². The molecule has 1 fully saturated rings. The highest BCUT2D eigenvalue weighted by molar-refractivity contribution is 6.03. The number of imide groups is 1. The molecule has 66 valence electrons. The summed E-state index contributed by atoms with van der Waals surface area (Å²) in [7, 11) is 0. The fourth-order valence-electron chi connectivity index (χ4n) is 1.14. The van der Waals surface area contributed by atoms with E-state index < -0.39 is 0 Å². The summed E-state index contributed by atoms with van der Waals surface area (Å²) in [6, 6.07) is 0. The molecule has 12 heavy (non-hydrogen) atoms. The van der Waals surface area contributed by atoms with E-state index in [1.54, 1.807) is 6.92 Å². The molecule has 1 rings (SSSR count). The monoisotopic (exact) mass is 170 g/mol. The number of likely N-dealkylation sites (tertiary alicyclic amines) is 1. The van der Waals surface area contributed by atoms with E-state index in [0.29, 0.717) is 6.41 Å². The van der Waals surface area contributed by atoms with E-state index in [2.05, 4.69) is 5.32 Å². The van der Waals surface area contributed by atoms with Crippen molar-refractivity contribution in [1.29, 1.82) is 0 Å². The third-order valence-corrected chi connectivity index (χ3v) is 1.80. The molecule has 1 aliphatic rings. The van der Waals surface area contributed by atoms with E-state index in [0.717, 1.165) is 4.90 Å². The van der Waals surface area contributed by atoms with Crippen LogP contribution in [0.4, 0.5) is 0 Å². The maximum absolute atomic E-state index is 11.2. The van der Waals surface area contributed by atoms with Gasteiger partial charge in [0.2, 0.25) is 18.2 Å². The summed E-state index contributed by atoms with van der Waals surface area (Å²) in [4.78, 5) is 33.2. The second-order valence-electron chi connectivity index (χ2n) is 2.75. The van der Waals surface area contributed by atoms with Gasteiger partial charge in [-0.3, -0.25) is 19.3 Å². The van der Waals surface area contributed by atoms with Gasteiger partial charge in [0, 0.05) is 12.3 Å². The highest BCUT2D eigenvalue weighted by atomic mass is 16.2. The lowest BCUT2D eigenvalue weighted by molar-refractivity contribution is -0.139. The SMILES string of the molecule is CC1CC(=O)N(CNC=O)C1=O. The quantitative estimate of drug-likeness (QED) is 0.440. The molecule has 0 saturated carbocycles. The minimum absolute atomic E-state index is 0.00843. The first-order valence-corrected chi connectivity index (χ1v) is 3.68. The van der Waals surface area contributed by atoms with Crippen LogP contribution in [-0.4, -0.2) is 29.8 Å². The van der Waals surface area contributed by atoms with Gasteiger partial charge in [-0.2, -0.15) is 0 Å². The first-order chi connectivity index (χ1) is 5.66. The van der Waals surface area contributed by atoms with Gasteiger partial charge in [-0.1, -0.05) is 6.92 Å². The van der Waals surface area contributed by atoms with Crippen LogP contribution in [0.2, 0.25) is 0 Å². The molecule has 1 atom stereocenters. The van der Waals surface area contributed by atoms with Crippen LogP contribution in [-0.2, 0) is 14.4 Å². The normalized spacial score (nSPS) is 23.1. The van der Waals surface area contributed by atoms with Crippen LogP contribution in [0.25, 0.3) is 0 Å². The molecule has 1 unspecified atom stereocenters. The fraction of sp³-hybridized carbons (Fsp3) is 0.571. The lowest BCUT2D eigenvalue weighted by Crippen LogP contribution is -2.38. The molecule has 0 aromatic heterocycles. The topological polar surface area (TPSA) is 66.5 Å². The fourth-order valence-corrected chi connectivity index (χ4v) is 1.14. The highest BCUT2D eigenvalue weighted by Crippen LogP contribution is 2.17. The van der Waals surface area contributed by atoms with E-state index in [4.69, 9.17) is 0 Å². The van der Waals surface area contributed by atoms with Gasteiger partial charge in [0.1, 0.15) is 6.67 Å². The Morgan fingerprint density at radius 3 is 2.75 bits per heavy atom. The van der Waals surface area contributed by atoms with E-state index in [1.165, 1.54) is 0 Å². The summed E-state index contributed by atoms with van der Waals surface area (Å²) >= 11 is 0. The Kier molecular flexibility index (Phi) is 2.42. The molecular weight excluding hydrogens is 160 g/mol. The van der Waals surface area contributed by atoms with E-state index in [1.807, 2.05) is 0 Å². The van der Waals surface area contributed by atoms with Gasteiger partial charge in [-0.15, -0.1) is 0 Å². The highest BCUT2D eigenvalue weighted by Gasteiger charge is 2.34. The molecule has 1 aliphatic heterocycles. The van der Waals surface area contributed by atoms with Crippen molar-refractivity contribution in [3.05, 3.63) is 0 Å². The van der Waals surface area contributed by atoms with Crippen molar-refractivity contribution in [2.45, 2.75) is 13.3 Å². The van der Waals surface area contributed by atoms with Gasteiger partial charge in [-0.25, -0.2) is 0 Å². The van der Waals surface area contributed by atoms with Gasteiger partial charge >= 0.3 is 0 Å². The summed E-state index contributed by atoms with van der Waals surface area (Å²) in [5, 5.41) is 2.28. The zero-order valence-electron chi connectivity index (χ0n) is 6.74. The molecule has 0 aromatic rings. The molecule has 0 bridgehead atoms. The van der Waals surface area contributed by atoms with Gasteiger partial charge in [0.15, 0.2) is 0 Å². The van der Waals surface area contributed by atoms with Crippen LogP contribution in [0.15, 0.2) is 0 Å². The van der Waals surface area contributed by atoms with Crippen molar-refractivity contribution in [3.63, 3.8) is 0 Å². The van der Waals surface area contributed by atoms with Crippen molar-refractivity contribution >= 4 is 18.2 Å². The van der Waals surface area contributed by atoms with E-state index in [-0.39, 0.29) is 30.8 Å².